The predicted octanol–water partition coefficient (Wildman–Crippen LogP) is 2.77. The van der Waals surface area contributed by atoms with Crippen molar-refractivity contribution in [3.05, 3.63) is 64.8 Å². The minimum Gasteiger partial charge on any atom is -0.421 e. The highest BCUT2D eigenvalue weighted by Crippen LogP contribution is 2.29. The Labute approximate surface area is 137 Å². The molecule has 0 unspecified atom stereocenters. The average molecular weight is 348 g/mol. The molecule has 6 nitrogen and oxygen atoms in total. The molecule has 0 saturated carbocycles. The molecule has 0 bridgehead atoms. The summed E-state index contributed by atoms with van der Waals surface area (Å²) in [7, 11) is -2.59. The largest absolute Gasteiger partial charge is 0.421 e. The Kier molecular flexibility index (Phi) is 3.98. The first-order valence-electron chi connectivity index (χ1n) is 6.94. The first kappa shape index (κ1) is 16.0. The summed E-state index contributed by atoms with van der Waals surface area (Å²) >= 11 is 0. The highest BCUT2D eigenvalue weighted by molar-refractivity contribution is 7.92. The number of para-hydroxylation sites is 1. The summed E-state index contributed by atoms with van der Waals surface area (Å²) in [5.74, 6) is -0.697. The molecule has 0 atom stereocenters. The van der Waals surface area contributed by atoms with Crippen LogP contribution in [0.4, 0.5) is 15.8 Å². The smallest absolute Gasteiger partial charge is 0.363 e. The molecule has 0 aliphatic heterocycles. The second-order valence-electron chi connectivity index (χ2n) is 4.95. The van der Waals surface area contributed by atoms with Crippen molar-refractivity contribution in [2.24, 2.45) is 0 Å². The third kappa shape index (κ3) is 2.83. The Bertz CT molecular complexity index is 1080. The van der Waals surface area contributed by atoms with Crippen LogP contribution >= 0.6 is 0 Å². The second kappa shape index (κ2) is 5.97. The van der Waals surface area contributed by atoms with Crippen molar-refractivity contribution in [3.8, 4) is 0 Å². The summed E-state index contributed by atoms with van der Waals surface area (Å²) < 4.78 is 45.5. The highest BCUT2D eigenvalue weighted by Gasteiger charge is 2.21. The number of halogens is 1. The van der Waals surface area contributed by atoms with Crippen molar-refractivity contribution < 1.29 is 17.2 Å². The summed E-state index contributed by atoms with van der Waals surface area (Å²) in [6, 6.07) is 11.2. The number of nitrogens with one attached hydrogen (secondary N) is 2. The van der Waals surface area contributed by atoms with E-state index < -0.39 is 21.5 Å². The molecular weight excluding hydrogens is 335 g/mol. The van der Waals surface area contributed by atoms with Crippen molar-refractivity contribution >= 4 is 32.4 Å². The minimum atomic E-state index is -4.15. The quantitative estimate of drug-likeness (QED) is 0.708. The van der Waals surface area contributed by atoms with Crippen LogP contribution in [0.15, 0.2) is 62.6 Å². The van der Waals surface area contributed by atoms with E-state index in [9.17, 15) is 17.6 Å². The van der Waals surface area contributed by atoms with Gasteiger partial charge in [0.1, 0.15) is 11.4 Å². The van der Waals surface area contributed by atoms with E-state index in [0.29, 0.717) is 11.0 Å². The molecule has 0 saturated heterocycles. The van der Waals surface area contributed by atoms with Crippen LogP contribution < -0.4 is 15.7 Å². The Morgan fingerprint density at radius 3 is 2.50 bits per heavy atom. The van der Waals surface area contributed by atoms with Gasteiger partial charge in [0, 0.05) is 12.4 Å². The first-order valence-corrected chi connectivity index (χ1v) is 8.42. The monoisotopic (exact) mass is 348 g/mol. The van der Waals surface area contributed by atoms with E-state index in [1.807, 2.05) is 0 Å². The zero-order valence-electron chi connectivity index (χ0n) is 12.5. The van der Waals surface area contributed by atoms with Gasteiger partial charge in [0.15, 0.2) is 5.69 Å². The molecule has 2 N–H and O–H groups in total. The molecule has 3 aromatic rings. The van der Waals surface area contributed by atoms with Gasteiger partial charge in [0.25, 0.3) is 10.0 Å². The van der Waals surface area contributed by atoms with E-state index in [1.165, 1.54) is 12.1 Å². The van der Waals surface area contributed by atoms with Gasteiger partial charge in [-0.25, -0.2) is 17.6 Å². The van der Waals surface area contributed by atoms with Crippen molar-refractivity contribution in [2.45, 2.75) is 4.90 Å². The SMILES string of the molecule is CNc1c(NS(=O)(=O)c2cccc(F)c2)c(=O)oc2ccccc12. The minimum absolute atomic E-state index is 0.263. The summed E-state index contributed by atoms with van der Waals surface area (Å²) in [6.45, 7) is 0. The van der Waals surface area contributed by atoms with Crippen LogP contribution in [0, 0.1) is 5.82 Å². The molecule has 8 heteroatoms. The lowest BCUT2D eigenvalue weighted by Crippen LogP contribution is -2.20. The molecule has 2 aromatic carbocycles. The zero-order chi connectivity index (χ0) is 17.3. The van der Waals surface area contributed by atoms with E-state index in [4.69, 9.17) is 4.42 Å². The van der Waals surface area contributed by atoms with Gasteiger partial charge in [-0.2, -0.15) is 0 Å². The molecule has 1 heterocycles. The van der Waals surface area contributed by atoms with E-state index >= 15 is 0 Å². The van der Waals surface area contributed by atoms with Gasteiger partial charge in [-0.1, -0.05) is 18.2 Å². The third-order valence-corrected chi connectivity index (χ3v) is 4.75. The van der Waals surface area contributed by atoms with Crippen molar-refractivity contribution in [2.75, 3.05) is 17.1 Å². The number of hydrogen-bond acceptors (Lipinski definition) is 5. The van der Waals surface area contributed by atoms with Crippen LogP contribution in [-0.4, -0.2) is 15.5 Å². The van der Waals surface area contributed by atoms with Crippen LogP contribution in [0.25, 0.3) is 11.0 Å². The number of benzene rings is 2. The lowest BCUT2D eigenvalue weighted by molar-refractivity contribution is 0.563. The van der Waals surface area contributed by atoms with Gasteiger partial charge < -0.3 is 9.73 Å². The second-order valence-corrected chi connectivity index (χ2v) is 6.63. The normalized spacial score (nSPS) is 11.4. The fraction of sp³-hybridized carbons (Fsp3) is 0.0625. The molecule has 0 spiro atoms. The van der Waals surface area contributed by atoms with Crippen molar-refractivity contribution in [1.82, 2.24) is 0 Å². The van der Waals surface area contributed by atoms with Crippen LogP contribution in [0.3, 0.4) is 0 Å². The fourth-order valence-electron chi connectivity index (χ4n) is 2.33. The number of fused-ring (bicyclic) bond motifs is 1. The zero-order valence-corrected chi connectivity index (χ0v) is 13.4. The Morgan fingerprint density at radius 2 is 1.79 bits per heavy atom. The first-order chi connectivity index (χ1) is 11.4. The van der Waals surface area contributed by atoms with E-state index in [-0.39, 0.29) is 16.3 Å². The molecular formula is C16H13FN2O4S. The van der Waals surface area contributed by atoms with Crippen LogP contribution in [0.5, 0.6) is 0 Å². The molecule has 1 aromatic heterocycles. The van der Waals surface area contributed by atoms with Crippen molar-refractivity contribution in [3.63, 3.8) is 0 Å². The van der Waals surface area contributed by atoms with E-state index in [2.05, 4.69) is 10.0 Å². The Hall–Kier alpha value is -2.87. The standard InChI is InChI=1S/C16H13FN2O4S/c1-18-14-12-7-2-3-8-13(12)23-16(20)15(14)19-24(21,22)11-6-4-5-10(17)9-11/h2-9,18-19H,1H3. The Balaban J connectivity index is 2.16. The predicted molar refractivity (Wildman–Crippen MR) is 89.2 cm³/mol. The van der Waals surface area contributed by atoms with Gasteiger partial charge >= 0.3 is 5.63 Å². The number of rotatable bonds is 4. The Morgan fingerprint density at radius 1 is 1.04 bits per heavy atom. The maximum absolute atomic E-state index is 13.3. The highest BCUT2D eigenvalue weighted by atomic mass is 32.2. The lowest BCUT2D eigenvalue weighted by Gasteiger charge is -2.13. The van der Waals surface area contributed by atoms with Crippen molar-refractivity contribution in [1.29, 1.82) is 0 Å². The third-order valence-electron chi connectivity index (χ3n) is 3.41. The molecule has 0 aliphatic carbocycles. The summed E-state index contributed by atoms with van der Waals surface area (Å²) in [5, 5.41) is 3.34. The maximum atomic E-state index is 13.3. The molecule has 0 aliphatic rings. The van der Waals surface area contributed by atoms with E-state index in [0.717, 1.165) is 12.1 Å². The van der Waals surface area contributed by atoms with Gasteiger partial charge in [-0.3, -0.25) is 4.72 Å². The number of anilines is 2. The van der Waals surface area contributed by atoms with Gasteiger partial charge in [0.05, 0.1) is 10.6 Å². The van der Waals surface area contributed by atoms with Gasteiger partial charge in [0.2, 0.25) is 0 Å². The maximum Gasteiger partial charge on any atom is 0.363 e. The lowest BCUT2D eigenvalue weighted by atomic mass is 10.2. The van der Waals surface area contributed by atoms with E-state index in [1.54, 1.807) is 31.3 Å². The summed E-state index contributed by atoms with van der Waals surface area (Å²) in [4.78, 5) is 11.9. The van der Waals surface area contributed by atoms with Crippen LogP contribution in [0.2, 0.25) is 0 Å². The molecule has 124 valence electrons. The molecule has 24 heavy (non-hydrogen) atoms. The van der Waals surface area contributed by atoms with Crippen LogP contribution in [-0.2, 0) is 10.0 Å². The number of hydrogen-bond donors (Lipinski definition) is 2. The summed E-state index contributed by atoms with van der Waals surface area (Å²) in [5.41, 5.74) is -0.513. The molecule has 3 rings (SSSR count). The van der Waals surface area contributed by atoms with Gasteiger partial charge in [-0.05, 0) is 30.3 Å². The molecule has 0 fully saturated rings. The van der Waals surface area contributed by atoms with Crippen LogP contribution in [0.1, 0.15) is 0 Å². The average Bonchev–Trinajstić information content (AvgIpc) is 2.55. The molecule has 0 amide bonds. The van der Waals surface area contributed by atoms with Gasteiger partial charge in [-0.15, -0.1) is 0 Å². The molecule has 0 radical (unpaired) electrons. The topological polar surface area (TPSA) is 88.4 Å². The fourth-order valence-corrected chi connectivity index (χ4v) is 3.43. The summed E-state index contributed by atoms with van der Waals surface area (Å²) in [6.07, 6.45) is 0. The number of sulfonamides is 1.